The van der Waals surface area contributed by atoms with Gasteiger partial charge in [0, 0.05) is 11.9 Å². The average molecular weight is 430 g/mol. The van der Waals surface area contributed by atoms with Gasteiger partial charge < -0.3 is 4.74 Å². The highest BCUT2D eigenvalue weighted by atomic mass is 16.5. The molecule has 0 spiro atoms. The van der Waals surface area contributed by atoms with E-state index in [2.05, 4.69) is 85.7 Å². The molecule has 0 saturated carbocycles. The third-order valence-electron chi connectivity index (χ3n) is 6.03. The molecule has 0 unspecified atom stereocenters. The van der Waals surface area contributed by atoms with Crippen LogP contribution in [0.3, 0.4) is 0 Å². The Bertz CT molecular complexity index is 882. The van der Waals surface area contributed by atoms with E-state index in [0.29, 0.717) is 0 Å². The lowest BCUT2D eigenvalue weighted by Crippen LogP contribution is -1.97. The molecule has 0 saturated heterocycles. The standard InChI is InChI=1S/C30H39NO/c1-3-5-7-8-10-26-14-20-29(31-24-26)19-13-25-11-15-27(16-12-25)28-17-21-30(22-18-28)32-23-9-6-4-2/h11-12,14-18,20-22,24H,3-10,13,19,23H2,1-2H3. The van der Waals surface area contributed by atoms with Crippen molar-refractivity contribution in [3.63, 3.8) is 0 Å². The van der Waals surface area contributed by atoms with Crippen molar-refractivity contribution < 1.29 is 4.74 Å². The van der Waals surface area contributed by atoms with Crippen LogP contribution in [0.15, 0.2) is 66.9 Å². The molecule has 2 nitrogen and oxygen atoms in total. The number of rotatable bonds is 14. The topological polar surface area (TPSA) is 22.1 Å². The van der Waals surface area contributed by atoms with Crippen molar-refractivity contribution in [1.82, 2.24) is 4.98 Å². The molecule has 0 fully saturated rings. The Balaban J connectivity index is 1.45. The van der Waals surface area contributed by atoms with Crippen LogP contribution in [-0.2, 0) is 19.3 Å². The van der Waals surface area contributed by atoms with Gasteiger partial charge in [0.2, 0.25) is 0 Å². The van der Waals surface area contributed by atoms with Crippen molar-refractivity contribution in [2.75, 3.05) is 6.61 Å². The molecule has 0 aliphatic carbocycles. The molecule has 0 amide bonds. The Kier molecular flexibility index (Phi) is 10.3. The van der Waals surface area contributed by atoms with Gasteiger partial charge in [-0.25, -0.2) is 0 Å². The molecule has 1 aromatic heterocycles. The Morgan fingerprint density at radius 1 is 0.594 bits per heavy atom. The van der Waals surface area contributed by atoms with Crippen molar-refractivity contribution in [3.05, 3.63) is 83.7 Å². The minimum absolute atomic E-state index is 0.804. The normalized spacial score (nSPS) is 10.9. The zero-order valence-electron chi connectivity index (χ0n) is 20.0. The number of unbranched alkanes of at least 4 members (excludes halogenated alkanes) is 5. The highest BCUT2D eigenvalue weighted by molar-refractivity contribution is 5.64. The van der Waals surface area contributed by atoms with Crippen LogP contribution >= 0.6 is 0 Å². The number of ether oxygens (including phenoxy) is 1. The third kappa shape index (κ3) is 8.15. The second-order valence-corrected chi connectivity index (χ2v) is 8.75. The number of pyridine rings is 1. The van der Waals surface area contributed by atoms with E-state index in [1.807, 2.05) is 0 Å². The Hall–Kier alpha value is -2.61. The van der Waals surface area contributed by atoms with Crippen LogP contribution in [0.4, 0.5) is 0 Å². The second-order valence-electron chi connectivity index (χ2n) is 8.75. The van der Waals surface area contributed by atoms with Crippen LogP contribution in [0.5, 0.6) is 5.75 Å². The minimum Gasteiger partial charge on any atom is -0.494 e. The Morgan fingerprint density at radius 3 is 1.91 bits per heavy atom. The minimum atomic E-state index is 0.804. The molecule has 2 heteroatoms. The molecule has 0 aliphatic rings. The quantitative estimate of drug-likeness (QED) is 0.241. The lowest BCUT2D eigenvalue weighted by molar-refractivity contribution is 0.306. The fourth-order valence-corrected chi connectivity index (χ4v) is 3.93. The Labute approximate surface area is 195 Å². The number of aromatic nitrogens is 1. The van der Waals surface area contributed by atoms with Gasteiger partial charge in [-0.2, -0.15) is 0 Å². The number of hydrogen-bond acceptors (Lipinski definition) is 2. The summed E-state index contributed by atoms with van der Waals surface area (Å²) >= 11 is 0. The highest BCUT2D eigenvalue weighted by Gasteiger charge is 2.02. The van der Waals surface area contributed by atoms with Gasteiger partial charge in [0.15, 0.2) is 0 Å². The van der Waals surface area contributed by atoms with Crippen molar-refractivity contribution >= 4 is 0 Å². The maximum atomic E-state index is 5.82. The summed E-state index contributed by atoms with van der Waals surface area (Å²) < 4.78 is 5.82. The lowest BCUT2D eigenvalue weighted by Gasteiger charge is -2.08. The monoisotopic (exact) mass is 429 g/mol. The molecular formula is C30H39NO. The van der Waals surface area contributed by atoms with Gasteiger partial charge in [-0.3, -0.25) is 4.98 Å². The summed E-state index contributed by atoms with van der Waals surface area (Å²) in [4.78, 5) is 4.69. The van der Waals surface area contributed by atoms with Crippen LogP contribution < -0.4 is 4.74 Å². The molecule has 0 bridgehead atoms. The summed E-state index contributed by atoms with van der Waals surface area (Å²) in [7, 11) is 0. The number of aryl methyl sites for hydroxylation is 3. The molecular weight excluding hydrogens is 390 g/mol. The summed E-state index contributed by atoms with van der Waals surface area (Å²) in [5.74, 6) is 0.959. The first kappa shape index (κ1) is 24.0. The summed E-state index contributed by atoms with van der Waals surface area (Å²) in [6.45, 7) is 5.27. The van der Waals surface area contributed by atoms with Crippen LogP contribution in [0.1, 0.15) is 75.6 Å². The molecule has 0 radical (unpaired) electrons. The molecule has 170 valence electrons. The van der Waals surface area contributed by atoms with E-state index in [-0.39, 0.29) is 0 Å². The highest BCUT2D eigenvalue weighted by Crippen LogP contribution is 2.23. The largest absolute Gasteiger partial charge is 0.494 e. The van der Waals surface area contributed by atoms with E-state index in [1.54, 1.807) is 0 Å². The van der Waals surface area contributed by atoms with Crippen molar-refractivity contribution in [2.24, 2.45) is 0 Å². The predicted octanol–water partition coefficient (Wildman–Crippen LogP) is 8.23. The summed E-state index contributed by atoms with van der Waals surface area (Å²) in [5.41, 5.74) is 6.38. The first-order valence-electron chi connectivity index (χ1n) is 12.5. The smallest absolute Gasteiger partial charge is 0.119 e. The van der Waals surface area contributed by atoms with Gasteiger partial charge in [0.25, 0.3) is 0 Å². The summed E-state index contributed by atoms with van der Waals surface area (Å²) in [5, 5.41) is 0. The summed E-state index contributed by atoms with van der Waals surface area (Å²) in [6.07, 6.45) is 14.0. The van der Waals surface area contributed by atoms with E-state index in [1.165, 1.54) is 66.5 Å². The van der Waals surface area contributed by atoms with E-state index < -0.39 is 0 Å². The maximum Gasteiger partial charge on any atom is 0.119 e. The fourth-order valence-electron chi connectivity index (χ4n) is 3.93. The van der Waals surface area contributed by atoms with E-state index >= 15 is 0 Å². The SMILES string of the molecule is CCCCCCc1ccc(CCc2ccc(-c3ccc(OCCCCC)cc3)cc2)nc1. The molecule has 1 heterocycles. The van der Waals surface area contributed by atoms with Crippen LogP contribution in [0.2, 0.25) is 0 Å². The number of nitrogens with zero attached hydrogens (tertiary/aromatic N) is 1. The Morgan fingerprint density at radius 2 is 1.25 bits per heavy atom. The van der Waals surface area contributed by atoms with Crippen LogP contribution in [0, 0.1) is 0 Å². The van der Waals surface area contributed by atoms with Crippen LogP contribution in [-0.4, -0.2) is 11.6 Å². The molecule has 3 aromatic rings. The zero-order valence-corrected chi connectivity index (χ0v) is 20.0. The number of hydrogen-bond donors (Lipinski definition) is 0. The van der Waals surface area contributed by atoms with Crippen molar-refractivity contribution in [1.29, 1.82) is 0 Å². The van der Waals surface area contributed by atoms with Crippen molar-refractivity contribution in [3.8, 4) is 16.9 Å². The van der Waals surface area contributed by atoms with Gasteiger partial charge in [0.05, 0.1) is 6.61 Å². The van der Waals surface area contributed by atoms with E-state index in [9.17, 15) is 0 Å². The maximum absolute atomic E-state index is 5.82. The van der Waals surface area contributed by atoms with E-state index in [0.717, 1.165) is 38.0 Å². The van der Waals surface area contributed by atoms with E-state index in [4.69, 9.17) is 4.74 Å². The molecule has 2 aromatic carbocycles. The number of benzene rings is 2. The molecule has 0 atom stereocenters. The van der Waals surface area contributed by atoms with Gasteiger partial charge in [-0.05, 0) is 72.6 Å². The van der Waals surface area contributed by atoms with Crippen LogP contribution in [0.25, 0.3) is 11.1 Å². The first-order chi connectivity index (χ1) is 15.8. The van der Waals surface area contributed by atoms with Gasteiger partial charge in [-0.15, -0.1) is 0 Å². The summed E-state index contributed by atoms with van der Waals surface area (Å²) in [6, 6.07) is 21.8. The van der Waals surface area contributed by atoms with Gasteiger partial charge in [0.1, 0.15) is 5.75 Å². The molecule has 32 heavy (non-hydrogen) atoms. The average Bonchev–Trinajstić information content (AvgIpc) is 2.85. The van der Waals surface area contributed by atoms with Gasteiger partial charge in [-0.1, -0.05) is 88.4 Å². The molecule has 0 aliphatic heterocycles. The molecule has 3 rings (SSSR count). The first-order valence-corrected chi connectivity index (χ1v) is 12.5. The van der Waals surface area contributed by atoms with Gasteiger partial charge >= 0.3 is 0 Å². The fraction of sp³-hybridized carbons (Fsp3) is 0.433. The third-order valence-corrected chi connectivity index (χ3v) is 6.03. The predicted molar refractivity (Wildman–Crippen MR) is 136 cm³/mol. The lowest BCUT2D eigenvalue weighted by atomic mass is 10.0. The van der Waals surface area contributed by atoms with Crippen molar-refractivity contribution in [2.45, 2.75) is 78.1 Å². The molecule has 0 N–H and O–H groups in total. The second kappa shape index (κ2) is 13.7. The zero-order chi connectivity index (χ0) is 22.4.